The van der Waals surface area contributed by atoms with Gasteiger partial charge < -0.3 is 33.2 Å². The van der Waals surface area contributed by atoms with Crippen LogP contribution in [0, 0.1) is 6.92 Å². The molecule has 3 aromatic rings. The van der Waals surface area contributed by atoms with Crippen LogP contribution in [0.1, 0.15) is 31.8 Å². The molecule has 0 bridgehead atoms. The van der Waals surface area contributed by atoms with Gasteiger partial charge in [-0.1, -0.05) is 6.07 Å². The van der Waals surface area contributed by atoms with Gasteiger partial charge in [-0.05, 0) is 54.5 Å². The van der Waals surface area contributed by atoms with Crippen molar-refractivity contribution in [3.63, 3.8) is 0 Å². The molecule has 0 unspecified atom stereocenters. The molecule has 192 valence electrons. The molecule has 9 heteroatoms. The lowest BCUT2D eigenvalue weighted by molar-refractivity contribution is 0.0733. The van der Waals surface area contributed by atoms with Crippen LogP contribution in [0.15, 0.2) is 48.2 Å². The zero-order valence-electron chi connectivity index (χ0n) is 21.3. The molecule has 1 heterocycles. The second kappa shape index (κ2) is 10.5. The number of carbonyl (C=O) groups excluding carboxylic acids is 2. The number of allylic oxidation sites excluding steroid dienone is 1. The van der Waals surface area contributed by atoms with E-state index in [1.165, 1.54) is 46.6 Å². The summed E-state index contributed by atoms with van der Waals surface area (Å²) in [6.45, 7) is 1.75. The van der Waals surface area contributed by atoms with Gasteiger partial charge in [-0.2, -0.15) is 0 Å². The lowest BCUT2D eigenvalue weighted by atomic mass is 10.0. The first-order chi connectivity index (χ1) is 17.8. The summed E-state index contributed by atoms with van der Waals surface area (Å²) in [6, 6.07) is 11.4. The molecule has 0 aliphatic carbocycles. The fraction of sp³-hybridized carbons (Fsp3) is 0.214. The van der Waals surface area contributed by atoms with E-state index in [0.717, 1.165) is 0 Å². The number of hydrogen-bond acceptors (Lipinski definition) is 9. The Morgan fingerprint density at radius 1 is 0.784 bits per heavy atom. The maximum absolute atomic E-state index is 13.1. The van der Waals surface area contributed by atoms with E-state index in [-0.39, 0.29) is 22.9 Å². The van der Waals surface area contributed by atoms with Crippen LogP contribution in [-0.2, 0) is 0 Å². The number of aryl methyl sites for hydroxylation is 1. The van der Waals surface area contributed by atoms with Crippen LogP contribution < -0.4 is 33.2 Å². The molecule has 0 saturated heterocycles. The number of benzene rings is 3. The number of methoxy groups -OCH3 is 5. The van der Waals surface area contributed by atoms with Gasteiger partial charge in [0, 0.05) is 6.07 Å². The Morgan fingerprint density at radius 3 is 2.03 bits per heavy atom. The van der Waals surface area contributed by atoms with Crippen molar-refractivity contribution in [3.8, 4) is 40.2 Å². The van der Waals surface area contributed by atoms with Gasteiger partial charge in [-0.15, -0.1) is 0 Å². The van der Waals surface area contributed by atoms with Gasteiger partial charge in [0.2, 0.25) is 11.5 Å². The number of hydrogen-bond donors (Lipinski definition) is 0. The van der Waals surface area contributed by atoms with Gasteiger partial charge in [0.15, 0.2) is 28.8 Å². The van der Waals surface area contributed by atoms with Crippen molar-refractivity contribution in [1.82, 2.24) is 0 Å². The molecular weight excluding hydrogens is 480 g/mol. The maximum Gasteiger partial charge on any atom is 0.343 e. The minimum absolute atomic E-state index is 0.137. The molecule has 0 radical (unpaired) electrons. The third kappa shape index (κ3) is 4.88. The normalized spacial score (nSPS) is 13.0. The van der Waals surface area contributed by atoms with Crippen molar-refractivity contribution < 1.29 is 42.7 Å². The summed E-state index contributed by atoms with van der Waals surface area (Å²) in [5.41, 5.74) is 1.89. The summed E-state index contributed by atoms with van der Waals surface area (Å²) in [4.78, 5) is 26.0. The van der Waals surface area contributed by atoms with Crippen LogP contribution in [0.4, 0.5) is 0 Å². The number of carbonyl (C=O) groups is 2. The molecule has 9 nitrogen and oxygen atoms in total. The van der Waals surface area contributed by atoms with E-state index in [0.29, 0.717) is 51.2 Å². The van der Waals surface area contributed by atoms with Crippen LogP contribution in [-0.4, -0.2) is 47.3 Å². The summed E-state index contributed by atoms with van der Waals surface area (Å²) < 4.78 is 37.9. The fourth-order valence-corrected chi connectivity index (χ4v) is 4.00. The topological polar surface area (TPSA) is 98.8 Å². The van der Waals surface area contributed by atoms with Gasteiger partial charge in [0.1, 0.15) is 11.5 Å². The van der Waals surface area contributed by atoms with Gasteiger partial charge in [0.05, 0.1) is 46.7 Å². The Morgan fingerprint density at radius 2 is 1.43 bits per heavy atom. The molecule has 1 aliphatic heterocycles. The molecule has 0 spiro atoms. The third-order valence-electron chi connectivity index (χ3n) is 5.76. The van der Waals surface area contributed by atoms with Crippen molar-refractivity contribution in [2.75, 3.05) is 35.5 Å². The number of ketones is 1. The fourth-order valence-electron chi connectivity index (χ4n) is 4.00. The Kier molecular flexibility index (Phi) is 7.24. The standard InChI is InChI=1S/C28H26O9/c1-15-9-18(36-28(30)17-12-23(33-4)27(35-6)24(13-17)34-5)14-21-25(15)26(29)22(37-21)11-16-7-8-19(31-2)20(10-16)32-3/h7-14H,1-6H3/b22-11-. The number of esters is 1. The van der Waals surface area contributed by atoms with E-state index in [9.17, 15) is 9.59 Å². The Balaban J connectivity index is 1.61. The number of fused-ring (bicyclic) bond motifs is 1. The second-order valence-corrected chi connectivity index (χ2v) is 7.97. The van der Waals surface area contributed by atoms with Crippen molar-refractivity contribution in [3.05, 3.63) is 70.5 Å². The van der Waals surface area contributed by atoms with E-state index in [2.05, 4.69) is 0 Å². The quantitative estimate of drug-likeness (QED) is 0.241. The van der Waals surface area contributed by atoms with Crippen LogP contribution in [0.2, 0.25) is 0 Å². The Labute approximate surface area is 214 Å². The first kappa shape index (κ1) is 25.4. The molecule has 1 aliphatic rings. The van der Waals surface area contributed by atoms with Crippen molar-refractivity contribution in [2.45, 2.75) is 6.92 Å². The minimum Gasteiger partial charge on any atom is -0.493 e. The largest absolute Gasteiger partial charge is 0.493 e. The predicted molar refractivity (Wildman–Crippen MR) is 135 cm³/mol. The molecule has 0 N–H and O–H groups in total. The van der Waals surface area contributed by atoms with Crippen LogP contribution in [0.25, 0.3) is 6.08 Å². The van der Waals surface area contributed by atoms with Crippen LogP contribution in [0.3, 0.4) is 0 Å². The number of ether oxygens (including phenoxy) is 7. The van der Waals surface area contributed by atoms with Crippen LogP contribution in [0.5, 0.6) is 40.2 Å². The summed E-state index contributed by atoms with van der Waals surface area (Å²) in [5, 5.41) is 0. The Bertz CT molecular complexity index is 1380. The average Bonchev–Trinajstić information content (AvgIpc) is 3.22. The zero-order valence-corrected chi connectivity index (χ0v) is 21.3. The maximum atomic E-state index is 13.1. The third-order valence-corrected chi connectivity index (χ3v) is 5.76. The molecule has 0 aromatic heterocycles. The van der Waals surface area contributed by atoms with Gasteiger partial charge in [0.25, 0.3) is 0 Å². The average molecular weight is 507 g/mol. The lowest BCUT2D eigenvalue weighted by Crippen LogP contribution is -2.10. The van der Waals surface area contributed by atoms with E-state index in [1.54, 1.807) is 44.4 Å². The van der Waals surface area contributed by atoms with E-state index in [4.69, 9.17) is 33.2 Å². The first-order valence-corrected chi connectivity index (χ1v) is 11.2. The van der Waals surface area contributed by atoms with E-state index in [1.807, 2.05) is 0 Å². The molecular formula is C28H26O9. The van der Waals surface area contributed by atoms with E-state index < -0.39 is 5.97 Å². The van der Waals surface area contributed by atoms with E-state index >= 15 is 0 Å². The van der Waals surface area contributed by atoms with Crippen molar-refractivity contribution >= 4 is 17.8 Å². The zero-order chi connectivity index (χ0) is 26.7. The second-order valence-electron chi connectivity index (χ2n) is 7.97. The minimum atomic E-state index is -0.649. The highest BCUT2D eigenvalue weighted by atomic mass is 16.5. The molecule has 3 aromatic carbocycles. The number of Topliss-reactive ketones (excluding diaryl/α,β-unsaturated/α-hetero) is 1. The molecule has 37 heavy (non-hydrogen) atoms. The Hall–Kier alpha value is -4.66. The highest BCUT2D eigenvalue weighted by Crippen LogP contribution is 2.40. The van der Waals surface area contributed by atoms with Gasteiger partial charge >= 0.3 is 5.97 Å². The lowest BCUT2D eigenvalue weighted by Gasteiger charge is -2.14. The van der Waals surface area contributed by atoms with Gasteiger partial charge in [-0.3, -0.25) is 4.79 Å². The molecule has 4 rings (SSSR count). The summed E-state index contributed by atoms with van der Waals surface area (Å²) in [6.07, 6.45) is 1.62. The SMILES string of the molecule is COc1ccc(/C=C2\Oc3cc(OC(=O)c4cc(OC)c(OC)c(OC)c4)cc(C)c3C2=O)cc1OC. The van der Waals surface area contributed by atoms with Crippen molar-refractivity contribution in [2.24, 2.45) is 0 Å². The smallest absolute Gasteiger partial charge is 0.343 e. The van der Waals surface area contributed by atoms with Crippen molar-refractivity contribution in [1.29, 1.82) is 0 Å². The monoisotopic (exact) mass is 506 g/mol. The number of rotatable bonds is 8. The first-order valence-electron chi connectivity index (χ1n) is 11.2. The summed E-state index contributed by atoms with van der Waals surface area (Å²) in [5.74, 6) is 1.82. The summed E-state index contributed by atoms with van der Waals surface area (Å²) >= 11 is 0. The predicted octanol–water partition coefficient (Wildman–Crippen LogP) is 4.87. The van der Waals surface area contributed by atoms with Crippen LogP contribution >= 0.6 is 0 Å². The highest BCUT2D eigenvalue weighted by Gasteiger charge is 2.30. The molecule has 0 atom stereocenters. The molecule has 0 fully saturated rings. The molecule has 0 amide bonds. The highest BCUT2D eigenvalue weighted by molar-refractivity contribution is 6.15. The molecule has 0 saturated carbocycles. The summed E-state index contributed by atoms with van der Waals surface area (Å²) in [7, 11) is 7.47. The van der Waals surface area contributed by atoms with Gasteiger partial charge in [-0.25, -0.2) is 4.79 Å².